The summed E-state index contributed by atoms with van der Waals surface area (Å²) in [6.45, 7) is 3.48. The average Bonchev–Trinajstić information content (AvgIpc) is 3.64. The van der Waals surface area contributed by atoms with Crippen LogP contribution in [0.2, 0.25) is 0 Å². The molecule has 1 unspecified atom stereocenters. The molecule has 7 rings (SSSR count). The van der Waals surface area contributed by atoms with E-state index in [0.717, 1.165) is 16.0 Å². The van der Waals surface area contributed by atoms with Crippen LogP contribution in [0.1, 0.15) is 63.6 Å². The topological polar surface area (TPSA) is 172 Å². The maximum absolute atomic E-state index is 14.4. The number of urea groups is 1. The number of pyridine rings is 1. The number of nitrogens with one attached hydrogen (secondary N) is 2. The molecule has 1 atom stereocenters. The second-order valence-electron chi connectivity index (χ2n) is 16.5. The van der Waals surface area contributed by atoms with Crippen molar-refractivity contribution in [1.82, 2.24) is 34.8 Å². The first-order valence-electron chi connectivity index (χ1n) is 20.4. The Kier molecular flexibility index (Phi) is 12.7. The number of ether oxygens (including phenoxy) is 1. The van der Waals surface area contributed by atoms with Gasteiger partial charge < -0.3 is 19.9 Å². The molecule has 2 aromatic heterocycles. The summed E-state index contributed by atoms with van der Waals surface area (Å²) >= 11 is 5.66. The molecule has 23 heteroatoms. The highest BCUT2D eigenvalue weighted by atomic mass is 32.1. The van der Waals surface area contributed by atoms with Crippen molar-refractivity contribution in [1.29, 1.82) is 5.26 Å². The summed E-state index contributed by atoms with van der Waals surface area (Å²) < 4.78 is 91.9. The van der Waals surface area contributed by atoms with E-state index >= 15 is 0 Å². The second kappa shape index (κ2) is 17.6. The molecule has 1 aliphatic carbocycles. The minimum absolute atomic E-state index is 0.00879. The van der Waals surface area contributed by atoms with E-state index in [-0.39, 0.29) is 54.8 Å². The van der Waals surface area contributed by atoms with Gasteiger partial charge >= 0.3 is 18.4 Å². The zero-order chi connectivity index (χ0) is 45.6. The number of imide groups is 1. The Labute approximate surface area is 363 Å². The Balaban J connectivity index is 0.886. The quantitative estimate of drug-likeness (QED) is 0.151. The Morgan fingerprint density at radius 1 is 1.08 bits per heavy atom. The summed E-state index contributed by atoms with van der Waals surface area (Å²) in [6.07, 6.45) is -5.75. The molecular formula is C40H45F6N11O5S. The van der Waals surface area contributed by atoms with E-state index in [1.807, 2.05) is 0 Å². The van der Waals surface area contributed by atoms with E-state index in [0.29, 0.717) is 74.5 Å². The molecular weight excluding hydrogens is 861 g/mol. The average molecular weight is 906 g/mol. The van der Waals surface area contributed by atoms with Crippen LogP contribution in [0.4, 0.5) is 48.3 Å². The summed E-state index contributed by atoms with van der Waals surface area (Å²) in [4.78, 5) is 61.6. The number of nitriles is 1. The van der Waals surface area contributed by atoms with E-state index in [9.17, 15) is 45.5 Å². The van der Waals surface area contributed by atoms with Crippen molar-refractivity contribution in [3.8, 4) is 6.07 Å². The summed E-state index contributed by atoms with van der Waals surface area (Å²) in [6, 6.07) is 4.31. The molecule has 3 aromatic rings. The third-order valence-corrected chi connectivity index (χ3v) is 12.4. The first kappa shape index (κ1) is 45.6. The van der Waals surface area contributed by atoms with E-state index in [4.69, 9.17) is 22.2 Å². The van der Waals surface area contributed by atoms with Crippen LogP contribution in [-0.2, 0) is 32.3 Å². The molecule has 0 radical (unpaired) electrons. The van der Waals surface area contributed by atoms with Crippen LogP contribution in [0.3, 0.4) is 0 Å². The minimum atomic E-state index is -4.87. The molecule has 3 saturated heterocycles. The summed E-state index contributed by atoms with van der Waals surface area (Å²) in [7, 11) is 1.61. The third kappa shape index (κ3) is 9.30. The zero-order valence-corrected chi connectivity index (χ0v) is 35.4. The summed E-state index contributed by atoms with van der Waals surface area (Å²) in [5.41, 5.74) is -2.69. The Bertz CT molecular complexity index is 2340. The van der Waals surface area contributed by atoms with Crippen molar-refractivity contribution in [2.24, 2.45) is 7.05 Å². The number of fused-ring (bicyclic) bond motifs is 1. The first-order chi connectivity index (χ1) is 29.7. The third-order valence-electron chi connectivity index (χ3n) is 12.0. The fraction of sp³-hybridized carbons (Fsp3) is 0.550. The zero-order valence-electron chi connectivity index (χ0n) is 34.6. The number of aryl methyl sites for hydroxylation is 1. The molecule has 1 aromatic carbocycles. The lowest BCUT2D eigenvalue weighted by atomic mass is 9.89. The molecule has 338 valence electrons. The highest BCUT2D eigenvalue weighted by Crippen LogP contribution is 2.40. The van der Waals surface area contributed by atoms with Crippen molar-refractivity contribution in [2.45, 2.75) is 88.5 Å². The number of rotatable bonds is 11. The number of benzene rings is 1. The number of nitrogens with zero attached hydrogens (tertiary/aromatic N) is 9. The smallest absolute Gasteiger partial charge is 0.378 e. The summed E-state index contributed by atoms with van der Waals surface area (Å²) in [5, 5.41) is 19.1. The SMILES string of the molecule is Cn1nc(N2CCC(=O)NC2=O)c2cccc(NC(=O)CN3CCN(CCCO[C@H]4CC[C@H](N5C(=S)N(c6cnc(C#N)c(C(F)(F)F)c6)C(=O)C5(C)C)CC4)CC3C(F)(F)F)c21. The predicted molar refractivity (Wildman–Crippen MR) is 219 cm³/mol. The molecule has 5 heterocycles. The van der Waals surface area contributed by atoms with Gasteiger partial charge in [-0.2, -0.15) is 36.7 Å². The number of para-hydroxylation sites is 1. The van der Waals surface area contributed by atoms with E-state index in [1.54, 1.807) is 48.9 Å². The number of hydrogen-bond acceptors (Lipinski definition) is 11. The Hall–Kier alpha value is -5.44. The van der Waals surface area contributed by atoms with Crippen LogP contribution >= 0.6 is 12.2 Å². The van der Waals surface area contributed by atoms with Crippen molar-refractivity contribution in [3.05, 3.63) is 41.7 Å². The number of carbonyl (C=O) groups excluding carboxylic acids is 4. The van der Waals surface area contributed by atoms with E-state index < -0.39 is 65.5 Å². The van der Waals surface area contributed by atoms with Crippen molar-refractivity contribution in [2.75, 3.05) is 61.0 Å². The monoisotopic (exact) mass is 905 g/mol. The Morgan fingerprint density at radius 2 is 1.81 bits per heavy atom. The normalized spacial score (nSPS) is 22.8. The van der Waals surface area contributed by atoms with Crippen LogP contribution in [0.15, 0.2) is 30.5 Å². The maximum Gasteiger partial charge on any atom is 0.419 e. The van der Waals surface area contributed by atoms with Crippen LogP contribution in [0.25, 0.3) is 10.9 Å². The van der Waals surface area contributed by atoms with Crippen LogP contribution in [-0.4, -0.2) is 134 Å². The number of carbonyl (C=O) groups is 4. The highest BCUT2D eigenvalue weighted by molar-refractivity contribution is 7.80. The molecule has 2 N–H and O–H groups in total. The largest absolute Gasteiger partial charge is 0.419 e. The highest BCUT2D eigenvalue weighted by Gasteiger charge is 2.53. The van der Waals surface area contributed by atoms with E-state index in [2.05, 4.69) is 20.7 Å². The van der Waals surface area contributed by atoms with Gasteiger partial charge in [-0.05, 0) is 76.4 Å². The number of amides is 5. The van der Waals surface area contributed by atoms with Crippen LogP contribution in [0.5, 0.6) is 0 Å². The Morgan fingerprint density at radius 3 is 2.48 bits per heavy atom. The number of hydrogen-bond donors (Lipinski definition) is 2. The van der Waals surface area contributed by atoms with Crippen LogP contribution < -0.4 is 20.4 Å². The molecule has 5 amide bonds. The van der Waals surface area contributed by atoms with Gasteiger partial charge in [0.15, 0.2) is 16.6 Å². The lowest BCUT2D eigenvalue weighted by molar-refractivity contribution is -0.197. The predicted octanol–water partition coefficient (Wildman–Crippen LogP) is 4.92. The number of halogens is 6. The number of piperazine rings is 1. The van der Waals surface area contributed by atoms with Crippen molar-refractivity contribution < 1.29 is 50.3 Å². The van der Waals surface area contributed by atoms with Gasteiger partial charge in [0.1, 0.15) is 17.6 Å². The lowest BCUT2D eigenvalue weighted by Crippen LogP contribution is -2.60. The van der Waals surface area contributed by atoms with E-state index in [1.165, 1.54) is 15.7 Å². The van der Waals surface area contributed by atoms with Crippen molar-refractivity contribution >= 4 is 69.2 Å². The van der Waals surface area contributed by atoms with Crippen molar-refractivity contribution in [3.63, 3.8) is 0 Å². The molecule has 1 saturated carbocycles. The number of anilines is 3. The summed E-state index contributed by atoms with van der Waals surface area (Å²) in [5.74, 6) is -1.31. The van der Waals surface area contributed by atoms with Gasteiger partial charge in [-0.15, -0.1) is 0 Å². The second-order valence-corrected chi connectivity index (χ2v) is 16.9. The molecule has 0 bridgehead atoms. The molecule has 4 fully saturated rings. The molecule has 4 aliphatic rings. The molecule has 16 nitrogen and oxygen atoms in total. The van der Waals surface area contributed by atoms with Crippen LogP contribution in [0, 0.1) is 11.3 Å². The maximum atomic E-state index is 14.4. The minimum Gasteiger partial charge on any atom is -0.378 e. The van der Waals surface area contributed by atoms with Gasteiger partial charge in [0.25, 0.3) is 5.91 Å². The number of thiocarbonyl (C=S) groups is 1. The van der Waals surface area contributed by atoms with Gasteiger partial charge in [0.05, 0.1) is 41.3 Å². The fourth-order valence-electron chi connectivity index (χ4n) is 8.88. The number of aromatic nitrogens is 3. The molecule has 3 aliphatic heterocycles. The molecule has 63 heavy (non-hydrogen) atoms. The van der Waals surface area contributed by atoms with Gasteiger partial charge in [0.2, 0.25) is 11.8 Å². The first-order valence-corrected chi connectivity index (χ1v) is 20.8. The number of alkyl halides is 6. The lowest BCUT2D eigenvalue weighted by Gasteiger charge is -2.42. The fourth-order valence-corrected chi connectivity index (χ4v) is 9.44. The molecule has 0 spiro atoms. The van der Waals surface area contributed by atoms with Gasteiger partial charge in [-0.1, -0.05) is 6.07 Å². The van der Waals surface area contributed by atoms with Gasteiger partial charge in [-0.3, -0.25) is 39.1 Å². The standard InChI is InChI=1S/C40H45F6N11O5S/c1-38(2)35(60)56(24-18-27(39(41,42)43)29(19-47)48-20-24)37(63)57(38)23-8-10-25(11-9-23)62-17-5-13-53-15-16-54(30(21-53)40(44,45)46)22-32(59)49-28-7-4-6-26-33(28)52(3)51-34(26)55-14-12-31(58)50-36(55)61/h4,6-7,18,20,23,25,30H,5,8-17,21-22H2,1-3H3,(H,49,59)(H,50,58,61)/t23-,25-,30?. The van der Waals surface area contributed by atoms with Gasteiger partial charge in [-0.25, -0.2) is 9.78 Å². The van der Waals surface area contributed by atoms with Gasteiger partial charge in [0, 0.05) is 64.2 Å².